The van der Waals surface area contributed by atoms with E-state index in [1.54, 1.807) is 0 Å². The van der Waals surface area contributed by atoms with Gasteiger partial charge in [-0.25, -0.2) is 13.5 Å². The lowest BCUT2D eigenvalue weighted by molar-refractivity contribution is -0.0436. The van der Waals surface area contributed by atoms with Gasteiger partial charge in [-0.3, -0.25) is 0 Å². The molecule has 83 valence electrons. The molecule has 0 fully saturated rings. The Morgan fingerprint density at radius 2 is 1.80 bits per heavy atom. The van der Waals surface area contributed by atoms with Gasteiger partial charge in [0.15, 0.2) is 0 Å². The quantitative estimate of drug-likeness (QED) is 0.791. The first-order chi connectivity index (χ1) is 6.79. The van der Waals surface area contributed by atoms with Crippen LogP contribution in [0.1, 0.15) is 5.56 Å². The Morgan fingerprint density at radius 1 is 1.20 bits per heavy atom. The summed E-state index contributed by atoms with van der Waals surface area (Å²) in [6.45, 7) is -0.763. The lowest BCUT2D eigenvalue weighted by atomic mass is 10.2. The first-order valence-electron chi connectivity index (χ1n) is 3.77. The van der Waals surface area contributed by atoms with Crippen LogP contribution in [0.25, 0.3) is 0 Å². The van der Waals surface area contributed by atoms with E-state index in [1.165, 1.54) is 6.07 Å². The highest BCUT2D eigenvalue weighted by atomic mass is 32.2. The van der Waals surface area contributed by atoms with Gasteiger partial charge < -0.3 is 0 Å². The van der Waals surface area contributed by atoms with Gasteiger partial charge in [-0.05, 0) is 17.7 Å². The molecule has 0 N–H and O–H groups in total. The van der Waals surface area contributed by atoms with Gasteiger partial charge in [-0.1, -0.05) is 12.1 Å². The molecule has 1 aromatic rings. The summed E-state index contributed by atoms with van der Waals surface area (Å²) < 4.78 is 58.1. The molecule has 7 heteroatoms. The van der Waals surface area contributed by atoms with Crippen molar-refractivity contribution >= 4 is 9.84 Å². The van der Waals surface area contributed by atoms with Crippen LogP contribution < -0.4 is 0 Å². The maximum atomic E-state index is 12.1. The predicted octanol–water partition coefficient (Wildman–Crippen LogP) is 1.91. The average molecular weight is 239 g/mol. The minimum atomic E-state index is -5.35. The monoisotopic (exact) mass is 239 g/mol. The lowest BCUT2D eigenvalue weighted by Crippen LogP contribution is -2.23. The normalized spacial score (nSPS) is 12.8. The smallest absolute Gasteiger partial charge is 0.232 e. The summed E-state index contributed by atoms with van der Waals surface area (Å²) in [5.41, 5.74) is -5.34. The van der Waals surface area contributed by atoms with E-state index >= 15 is 0 Å². The van der Waals surface area contributed by atoms with Gasteiger partial charge in [-0.2, -0.15) is 13.2 Å². The SMILES string of the molecule is [O]Cc1cccc(S(=O)(=O)C(F)(F)F)c1. The van der Waals surface area contributed by atoms with Gasteiger partial charge in [-0.15, -0.1) is 0 Å². The third-order valence-electron chi connectivity index (χ3n) is 1.68. The molecule has 0 saturated heterocycles. The van der Waals surface area contributed by atoms with Gasteiger partial charge >= 0.3 is 5.51 Å². The van der Waals surface area contributed by atoms with E-state index in [9.17, 15) is 26.7 Å². The second kappa shape index (κ2) is 3.82. The van der Waals surface area contributed by atoms with Crippen LogP contribution >= 0.6 is 0 Å². The van der Waals surface area contributed by atoms with E-state index in [-0.39, 0.29) is 5.56 Å². The molecule has 0 spiro atoms. The summed E-state index contributed by atoms with van der Waals surface area (Å²) in [6.07, 6.45) is 0. The van der Waals surface area contributed by atoms with Crippen molar-refractivity contribution in [1.29, 1.82) is 0 Å². The molecule has 0 amide bonds. The standard InChI is InChI=1S/C8H6F3O3S/c9-8(10,11)15(13,14)7-3-1-2-6(4-7)5-12/h1-4H,5H2. The highest BCUT2D eigenvalue weighted by Gasteiger charge is 2.46. The van der Waals surface area contributed by atoms with E-state index < -0.39 is 26.8 Å². The molecule has 0 saturated carbocycles. The fourth-order valence-corrected chi connectivity index (χ4v) is 1.77. The first kappa shape index (κ1) is 12.0. The number of alkyl halides is 3. The Labute approximate surface area is 84.1 Å². The molecule has 0 aliphatic heterocycles. The van der Waals surface area contributed by atoms with Gasteiger partial charge in [0.1, 0.15) is 6.61 Å². The van der Waals surface area contributed by atoms with E-state index in [1.807, 2.05) is 0 Å². The van der Waals surface area contributed by atoms with Gasteiger partial charge in [0.25, 0.3) is 9.84 Å². The minimum absolute atomic E-state index is 0.000301. The van der Waals surface area contributed by atoms with Crippen molar-refractivity contribution in [1.82, 2.24) is 0 Å². The topological polar surface area (TPSA) is 54.0 Å². The zero-order valence-electron chi connectivity index (χ0n) is 7.28. The van der Waals surface area contributed by atoms with Crippen molar-refractivity contribution < 1.29 is 26.7 Å². The first-order valence-corrected chi connectivity index (χ1v) is 5.26. The van der Waals surface area contributed by atoms with Crippen LogP contribution in [0.15, 0.2) is 29.2 Å². The Kier molecular flexibility index (Phi) is 3.05. The summed E-state index contributed by atoms with van der Waals surface area (Å²) >= 11 is 0. The Balaban J connectivity index is 3.29. The fourth-order valence-electron chi connectivity index (χ4n) is 0.936. The molecule has 0 unspecified atom stereocenters. The van der Waals surface area contributed by atoms with Crippen LogP contribution in [0.3, 0.4) is 0 Å². The number of sulfone groups is 1. The van der Waals surface area contributed by atoms with E-state index in [0.29, 0.717) is 0 Å². The molecule has 3 nitrogen and oxygen atoms in total. The minimum Gasteiger partial charge on any atom is -0.232 e. The summed E-state index contributed by atoms with van der Waals surface area (Å²) in [5, 5.41) is 10.4. The van der Waals surface area contributed by atoms with Crippen LogP contribution in [-0.2, 0) is 21.6 Å². The van der Waals surface area contributed by atoms with E-state index in [0.717, 1.165) is 18.2 Å². The van der Waals surface area contributed by atoms with Crippen LogP contribution in [-0.4, -0.2) is 13.9 Å². The third kappa shape index (κ3) is 2.29. The van der Waals surface area contributed by atoms with Crippen molar-refractivity contribution in [2.45, 2.75) is 17.0 Å². The van der Waals surface area contributed by atoms with Crippen LogP contribution in [0.4, 0.5) is 13.2 Å². The zero-order valence-corrected chi connectivity index (χ0v) is 8.10. The Bertz CT molecular complexity index is 450. The number of rotatable bonds is 2. The number of hydrogen-bond donors (Lipinski definition) is 0. The average Bonchev–Trinajstić information content (AvgIpc) is 2.16. The molecule has 15 heavy (non-hydrogen) atoms. The number of halogens is 3. The van der Waals surface area contributed by atoms with Crippen molar-refractivity contribution in [3.8, 4) is 0 Å². The molecule has 0 bridgehead atoms. The summed E-state index contributed by atoms with van der Waals surface area (Å²) in [5.74, 6) is 0. The molecule has 1 radical (unpaired) electrons. The molecule has 0 heterocycles. The van der Waals surface area contributed by atoms with Crippen molar-refractivity contribution in [2.75, 3.05) is 0 Å². The molecule has 0 aliphatic rings. The van der Waals surface area contributed by atoms with Gasteiger partial charge in [0.2, 0.25) is 0 Å². The van der Waals surface area contributed by atoms with Crippen LogP contribution in [0, 0.1) is 0 Å². The van der Waals surface area contributed by atoms with Crippen LogP contribution in [0.2, 0.25) is 0 Å². The van der Waals surface area contributed by atoms with Gasteiger partial charge in [0, 0.05) is 0 Å². The number of benzene rings is 1. The molecular formula is C8H6F3O3S. The molecule has 0 atom stereocenters. The molecule has 1 aromatic carbocycles. The second-order valence-corrected chi connectivity index (χ2v) is 4.68. The molecule has 0 aromatic heterocycles. The highest BCUT2D eigenvalue weighted by Crippen LogP contribution is 2.30. The molecule has 0 aliphatic carbocycles. The maximum Gasteiger partial charge on any atom is 0.501 e. The highest BCUT2D eigenvalue weighted by molar-refractivity contribution is 7.92. The second-order valence-electron chi connectivity index (χ2n) is 2.74. The van der Waals surface area contributed by atoms with Crippen molar-refractivity contribution in [3.05, 3.63) is 29.8 Å². The Hall–Kier alpha value is -1.08. The van der Waals surface area contributed by atoms with E-state index in [2.05, 4.69) is 0 Å². The molecular weight excluding hydrogens is 233 g/mol. The summed E-state index contributed by atoms with van der Waals surface area (Å²) in [6, 6.07) is 3.91. The van der Waals surface area contributed by atoms with Crippen molar-refractivity contribution in [3.63, 3.8) is 0 Å². The fraction of sp³-hybridized carbons (Fsp3) is 0.250. The summed E-state index contributed by atoms with van der Waals surface area (Å²) in [7, 11) is -5.35. The van der Waals surface area contributed by atoms with Crippen LogP contribution in [0.5, 0.6) is 0 Å². The Morgan fingerprint density at radius 3 is 2.27 bits per heavy atom. The molecule has 1 rings (SSSR count). The zero-order chi connectivity index (χ0) is 11.7. The predicted molar refractivity (Wildman–Crippen MR) is 44.1 cm³/mol. The lowest BCUT2D eigenvalue weighted by Gasteiger charge is -2.08. The maximum absolute atomic E-state index is 12.1. The number of hydrogen-bond acceptors (Lipinski definition) is 2. The summed E-state index contributed by atoms with van der Waals surface area (Å²) in [4.78, 5) is -0.900. The van der Waals surface area contributed by atoms with Crippen molar-refractivity contribution in [2.24, 2.45) is 0 Å². The third-order valence-corrected chi connectivity index (χ3v) is 3.16. The largest absolute Gasteiger partial charge is 0.501 e. The van der Waals surface area contributed by atoms with Gasteiger partial charge in [0.05, 0.1) is 4.90 Å². The van der Waals surface area contributed by atoms with E-state index in [4.69, 9.17) is 0 Å².